The van der Waals surface area contributed by atoms with Crippen molar-refractivity contribution in [2.24, 2.45) is 0 Å². The van der Waals surface area contributed by atoms with Crippen LogP contribution in [0.2, 0.25) is 0 Å². The molecule has 15 heavy (non-hydrogen) atoms. The van der Waals surface area contributed by atoms with Gasteiger partial charge in [-0.05, 0) is 6.92 Å². The molecule has 1 unspecified atom stereocenters. The van der Waals surface area contributed by atoms with Crippen molar-refractivity contribution in [2.75, 3.05) is 19.4 Å². The van der Waals surface area contributed by atoms with Gasteiger partial charge >= 0.3 is 7.60 Å². The molecule has 4 heteroatoms. The summed E-state index contributed by atoms with van der Waals surface area (Å²) in [5, 5.41) is 0. The van der Waals surface area contributed by atoms with E-state index in [0.29, 0.717) is 6.42 Å². The Hall–Kier alpha value is -0.990. The van der Waals surface area contributed by atoms with Gasteiger partial charge in [-0.2, -0.15) is 0 Å². The van der Waals surface area contributed by atoms with E-state index in [4.69, 9.17) is 21.9 Å². The normalized spacial score (nSPS) is 13.5. The summed E-state index contributed by atoms with van der Waals surface area (Å²) >= 11 is 0. The van der Waals surface area contributed by atoms with Crippen molar-refractivity contribution in [3.63, 3.8) is 0 Å². The van der Waals surface area contributed by atoms with Crippen LogP contribution >= 0.6 is 7.60 Å². The second kappa shape index (κ2) is 7.32. The average molecular weight is 226 g/mol. The molecule has 0 aliphatic heterocycles. The Balaban J connectivity index is 4.29. The fourth-order valence-electron chi connectivity index (χ4n) is 0.838. The van der Waals surface area contributed by atoms with Gasteiger partial charge in [0.15, 0.2) is 0 Å². The molecule has 1 atom stereocenters. The summed E-state index contributed by atoms with van der Waals surface area (Å²) in [5.74, 6) is 4.63. The molecule has 0 aliphatic carbocycles. The molecule has 0 aromatic carbocycles. The van der Waals surface area contributed by atoms with Gasteiger partial charge in [-0.15, -0.1) is 18.8 Å². The van der Waals surface area contributed by atoms with Crippen LogP contribution in [-0.2, 0) is 13.6 Å². The zero-order valence-corrected chi connectivity index (χ0v) is 9.76. The highest BCUT2D eigenvalue weighted by Crippen LogP contribution is 2.49. The van der Waals surface area contributed by atoms with Crippen molar-refractivity contribution < 1.29 is 13.6 Å². The van der Waals surface area contributed by atoms with Gasteiger partial charge in [0.05, 0.1) is 12.8 Å². The van der Waals surface area contributed by atoms with E-state index in [0.717, 1.165) is 5.57 Å². The van der Waals surface area contributed by atoms with E-state index in [2.05, 4.69) is 18.4 Å². The van der Waals surface area contributed by atoms with E-state index in [1.807, 2.05) is 0 Å². The van der Waals surface area contributed by atoms with E-state index in [-0.39, 0.29) is 19.4 Å². The molecule has 0 fully saturated rings. The minimum Gasteiger partial charge on any atom is -0.307 e. The Morgan fingerprint density at radius 3 is 2.53 bits per heavy atom. The molecule has 0 aromatic rings. The quantitative estimate of drug-likeness (QED) is 0.289. The molecule has 0 rings (SSSR count). The van der Waals surface area contributed by atoms with Gasteiger partial charge in [0, 0.05) is 6.42 Å². The zero-order chi connectivity index (χ0) is 11.7. The number of hydrogen-bond donors (Lipinski definition) is 0. The maximum atomic E-state index is 12.0. The fraction of sp³-hybridized carbons (Fsp3) is 0.455. The first kappa shape index (κ1) is 14.0. The van der Waals surface area contributed by atoms with Gasteiger partial charge in [-0.1, -0.05) is 18.1 Å². The van der Waals surface area contributed by atoms with Gasteiger partial charge < -0.3 is 4.52 Å². The average Bonchev–Trinajstić information content (AvgIpc) is 2.14. The Morgan fingerprint density at radius 1 is 1.40 bits per heavy atom. The van der Waals surface area contributed by atoms with Crippen LogP contribution in [0.15, 0.2) is 12.2 Å². The minimum absolute atomic E-state index is 0.0411. The third-order valence-corrected chi connectivity index (χ3v) is 3.37. The summed E-state index contributed by atoms with van der Waals surface area (Å²) in [4.78, 5) is 0. The SMILES string of the molecule is C#CCCOP(=O)(CC(=C)C)OCC#C. The van der Waals surface area contributed by atoms with Crippen molar-refractivity contribution in [1.82, 2.24) is 0 Å². The predicted molar refractivity (Wildman–Crippen MR) is 61.5 cm³/mol. The summed E-state index contributed by atoms with van der Waals surface area (Å²) < 4.78 is 22.1. The number of hydrogen-bond acceptors (Lipinski definition) is 3. The van der Waals surface area contributed by atoms with Crippen LogP contribution in [0, 0.1) is 24.7 Å². The molecule has 0 spiro atoms. The molecule has 0 saturated carbocycles. The van der Waals surface area contributed by atoms with Crippen molar-refractivity contribution in [2.45, 2.75) is 13.3 Å². The monoisotopic (exact) mass is 226 g/mol. The van der Waals surface area contributed by atoms with Gasteiger partial charge in [0.2, 0.25) is 0 Å². The van der Waals surface area contributed by atoms with E-state index < -0.39 is 7.60 Å². The highest BCUT2D eigenvalue weighted by Gasteiger charge is 2.23. The molecule has 0 amide bonds. The lowest BCUT2D eigenvalue weighted by Gasteiger charge is -2.16. The molecule has 0 aromatic heterocycles. The molecule has 0 bridgehead atoms. The summed E-state index contributed by atoms with van der Waals surface area (Å²) in [6.45, 7) is 5.56. The smallest absolute Gasteiger partial charge is 0.307 e. The highest BCUT2D eigenvalue weighted by atomic mass is 31.2. The standard InChI is InChI=1S/C11H15O3P/c1-5-7-9-14-15(12,10-11(3)4)13-8-6-2/h1-2H,3,7-10H2,4H3. The second-order valence-electron chi connectivity index (χ2n) is 2.99. The highest BCUT2D eigenvalue weighted by molar-refractivity contribution is 7.54. The van der Waals surface area contributed by atoms with Crippen molar-refractivity contribution in [3.05, 3.63) is 12.2 Å². The Morgan fingerprint density at radius 2 is 2.07 bits per heavy atom. The topological polar surface area (TPSA) is 35.5 Å². The molecule has 0 radical (unpaired) electrons. The lowest BCUT2D eigenvalue weighted by atomic mass is 10.4. The molecule has 82 valence electrons. The van der Waals surface area contributed by atoms with E-state index in [1.165, 1.54) is 0 Å². The first-order valence-electron chi connectivity index (χ1n) is 4.43. The Labute approximate surface area is 91.4 Å². The number of allylic oxidation sites excluding steroid dienone is 1. The molecular weight excluding hydrogens is 211 g/mol. The second-order valence-corrected chi connectivity index (χ2v) is 5.05. The Bertz CT molecular complexity index is 333. The maximum Gasteiger partial charge on any atom is 0.335 e. The first-order valence-corrected chi connectivity index (χ1v) is 6.16. The van der Waals surface area contributed by atoms with Crippen molar-refractivity contribution in [3.8, 4) is 24.7 Å². The van der Waals surface area contributed by atoms with Crippen LogP contribution in [0.4, 0.5) is 0 Å². The summed E-state index contributed by atoms with van der Waals surface area (Å²) in [6.07, 6.45) is 10.6. The van der Waals surface area contributed by atoms with Gasteiger partial charge in [0.1, 0.15) is 6.61 Å². The molecule has 0 N–H and O–H groups in total. The summed E-state index contributed by atoms with van der Waals surface area (Å²) in [6, 6.07) is 0. The van der Waals surface area contributed by atoms with Gasteiger partial charge in [-0.25, -0.2) is 0 Å². The van der Waals surface area contributed by atoms with E-state index >= 15 is 0 Å². The van der Waals surface area contributed by atoms with Crippen LogP contribution in [0.1, 0.15) is 13.3 Å². The van der Waals surface area contributed by atoms with E-state index in [1.54, 1.807) is 6.92 Å². The molecule has 0 aliphatic rings. The Kier molecular flexibility index (Phi) is 6.84. The predicted octanol–water partition coefficient (Wildman–Crippen LogP) is 2.45. The van der Waals surface area contributed by atoms with E-state index in [9.17, 15) is 4.57 Å². The molecule has 0 saturated heterocycles. The van der Waals surface area contributed by atoms with Crippen LogP contribution in [-0.4, -0.2) is 19.4 Å². The third kappa shape index (κ3) is 7.00. The third-order valence-electron chi connectivity index (χ3n) is 1.34. The van der Waals surface area contributed by atoms with Crippen molar-refractivity contribution >= 4 is 7.60 Å². The van der Waals surface area contributed by atoms with Crippen LogP contribution in [0.3, 0.4) is 0 Å². The molecule has 0 heterocycles. The maximum absolute atomic E-state index is 12.0. The summed E-state index contributed by atoms with van der Waals surface area (Å²) in [5.41, 5.74) is 0.719. The fourth-order valence-corrected chi connectivity index (χ4v) is 2.40. The van der Waals surface area contributed by atoms with Gasteiger partial charge in [-0.3, -0.25) is 9.09 Å². The van der Waals surface area contributed by atoms with Crippen LogP contribution < -0.4 is 0 Å². The largest absolute Gasteiger partial charge is 0.335 e. The molecule has 3 nitrogen and oxygen atoms in total. The zero-order valence-electron chi connectivity index (χ0n) is 8.86. The summed E-state index contributed by atoms with van der Waals surface area (Å²) in [7, 11) is -3.16. The first-order chi connectivity index (χ1) is 7.04. The van der Waals surface area contributed by atoms with Gasteiger partial charge in [0.25, 0.3) is 0 Å². The van der Waals surface area contributed by atoms with Crippen LogP contribution in [0.25, 0.3) is 0 Å². The van der Waals surface area contributed by atoms with Crippen LogP contribution in [0.5, 0.6) is 0 Å². The lowest BCUT2D eigenvalue weighted by Crippen LogP contribution is -2.02. The van der Waals surface area contributed by atoms with Crippen molar-refractivity contribution in [1.29, 1.82) is 0 Å². The molecular formula is C11H15O3P. The minimum atomic E-state index is -3.16. The number of terminal acetylenes is 2. The lowest BCUT2D eigenvalue weighted by molar-refractivity contribution is 0.227. The number of rotatable bonds is 7.